The van der Waals surface area contributed by atoms with E-state index in [1.807, 2.05) is 6.92 Å². The van der Waals surface area contributed by atoms with E-state index >= 15 is 0 Å². The van der Waals surface area contributed by atoms with Crippen LogP contribution in [0.1, 0.15) is 54.4 Å². The molecule has 0 bridgehead atoms. The Kier molecular flexibility index (Phi) is 8.67. The molecule has 0 amide bonds. The van der Waals surface area contributed by atoms with Gasteiger partial charge in [0.2, 0.25) is 0 Å². The molecule has 0 fully saturated rings. The largest absolute Gasteiger partial charge is 0.466 e. The summed E-state index contributed by atoms with van der Waals surface area (Å²) in [6, 6.07) is 0. The molecule has 0 aromatic heterocycles. The molecule has 4 heteroatoms. The molecule has 0 heterocycles. The van der Waals surface area contributed by atoms with E-state index in [9.17, 15) is 9.59 Å². The van der Waals surface area contributed by atoms with Crippen LogP contribution in [0, 0.1) is 5.41 Å². The van der Waals surface area contributed by atoms with Crippen LogP contribution in [0.4, 0.5) is 0 Å². The Bertz CT molecular complexity index is 411. The van der Waals surface area contributed by atoms with Crippen molar-refractivity contribution >= 4 is 11.9 Å². The molecule has 0 atom stereocenters. The molecule has 0 aromatic carbocycles. The van der Waals surface area contributed by atoms with Crippen molar-refractivity contribution in [3.63, 3.8) is 0 Å². The van der Waals surface area contributed by atoms with Gasteiger partial charge in [-0.2, -0.15) is 0 Å². The standard InChI is InChI=1S/C17H28O4/c1-7-20-15(18)11-9-13(3)14(17(4,5)6)10-12-16(19)21-8-2/h9,11H,7-8,10,12H2,1-6H3/b11-9+,14-13+. The molecular formula is C17H28O4. The van der Waals surface area contributed by atoms with E-state index in [0.29, 0.717) is 26.1 Å². The van der Waals surface area contributed by atoms with Gasteiger partial charge in [0.25, 0.3) is 0 Å². The van der Waals surface area contributed by atoms with Crippen molar-refractivity contribution < 1.29 is 19.1 Å². The Balaban J connectivity index is 4.99. The fourth-order valence-corrected chi connectivity index (χ4v) is 2.11. The first-order valence-electron chi connectivity index (χ1n) is 7.43. The van der Waals surface area contributed by atoms with E-state index < -0.39 is 0 Å². The molecular weight excluding hydrogens is 268 g/mol. The minimum atomic E-state index is -0.351. The highest BCUT2D eigenvalue weighted by molar-refractivity contribution is 5.82. The zero-order valence-corrected chi connectivity index (χ0v) is 14.1. The lowest BCUT2D eigenvalue weighted by Crippen LogP contribution is -2.14. The third kappa shape index (κ3) is 8.33. The van der Waals surface area contributed by atoms with E-state index in [1.165, 1.54) is 6.08 Å². The van der Waals surface area contributed by atoms with Crippen molar-refractivity contribution in [2.45, 2.75) is 54.4 Å². The van der Waals surface area contributed by atoms with Gasteiger partial charge in [-0.05, 0) is 32.6 Å². The third-order valence-corrected chi connectivity index (χ3v) is 3.02. The van der Waals surface area contributed by atoms with Crippen LogP contribution in [0.3, 0.4) is 0 Å². The van der Waals surface area contributed by atoms with Crippen LogP contribution in [0.15, 0.2) is 23.3 Å². The highest BCUT2D eigenvalue weighted by atomic mass is 16.5. The van der Waals surface area contributed by atoms with Crippen LogP contribution in [0.5, 0.6) is 0 Å². The van der Waals surface area contributed by atoms with Crippen molar-refractivity contribution in [3.05, 3.63) is 23.3 Å². The Morgan fingerprint density at radius 2 is 1.52 bits per heavy atom. The quantitative estimate of drug-likeness (QED) is 0.407. The molecule has 0 N–H and O–H groups in total. The molecule has 0 aliphatic rings. The lowest BCUT2D eigenvalue weighted by atomic mass is 9.81. The van der Waals surface area contributed by atoms with Gasteiger partial charge in [-0.1, -0.05) is 38.0 Å². The number of carbonyl (C=O) groups excluding carboxylic acids is 2. The number of rotatable bonds is 7. The number of carbonyl (C=O) groups is 2. The molecule has 0 unspecified atom stereocenters. The van der Waals surface area contributed by atoms with Crippen LogP contribution >= 0.6 is 0 Å². The maximum atomic E-state index is 11.5. The second kappa shape index (κ2) is 9.37. The zero-order valence-electron chi connectivity index (χ0n) is 14.1. The maximum Gasteiger partial charge on any atom is 0.330 e. The summed E-state index contributed by atoms with van der Waals surface area (Å²) in [7, 11) is 0. The summed E-state index contributed by atoms with van der Waals surface area (Å²) in [5.41, 5.74) is 2.05. The molecule has 4 nitrogen and oxygen atoms in total. The van der Waals surface area contributed by atoms with Crippen LogP contribution in [-0.4, -0.2) is 25.2 Å². The van der Waals surface area contributed by atoms with Gasteiger partial charge in [0.15, 0.2) is 0 Å². The first-order valence-corrected chi connectivity index (χ1v) is 7.43. The second-order valence-electron chi connectivity index (χ2n) is 5.80. The third-order valence-electron chi connectivity index (χ3n) is 3.02. The van der Waals surface area contributed by atoms with Crippen molar-refractivity contribution in [1.29, 1.82) is 0 Å². The monoisotopic (exact) mass is 296 g/mol. The zero-order chi connectivity index (χ0) is 16.5. The van der Waals surface area contributed by atoms with Crippen molar-refractivity contribution in [3.8, 4) is 0 Å². The molecule has 0 aliphatic carbocycles. The van der Waals surface area contributed by atoms with Crippen molar-refractivity contribution in [2.75, 3.05) is 13.2 Å². The van der Waals surface area contributed by atoms with Crippen molar-refractivity contribution in [2.24, 2.45) is 5.41 Å². The first kappa shape index (κ1) is 19.4. The van der Waals surface area contributed by atoms with Gasteiger partial charge in [-0.25, -0.2) is 4.79 Å². The van der Waals surface area contributed by atoms with Gasteiger partial charge in [0, 0.05) is 12.5 Å². The average Bonchev–Trinajstić information content (AvgIpc) is 2.35. The number of allylic oxidation sites excluding steroid dienone is 3. The molecule has 0 aromatic rings. The Labute approximate surface area is 128 Å². The van der Waals surface area contributed by atoms with Crippen LogP contribution in [0.25, 0.3) is 0 Å². The molecule has 0 saturated carbocycles. The van der Waals surface area contributed by atoms with Crippen LogP contribution in [-0.2, 0) is 19.1 Å². The smallest absolute Gasteiger partial charge is 0.330 e. The summed E-state index contributed by atoms with van der Waals surface area (Å²) in [5, 5.41) is 0. The van der Waals surface area contributed by atoms with Gasteiger partial charge in [-0.3, -0.25) is 4.79 Å². The summed E-state index contributed by atoms with van der Waals surface area (Å²) < 4.78 is 9.83. The Morgan fingerprint density at radius 3 is 2.00 bits per heavy atom. The molecule has 0 spiro atoms. The lowest BCUT2D eigenvalue weighted by molar-refractivity contribution is -0.143. The van der Waals surface area contributed by atoms with E-state index in [0.717, 1.165) is 11.1 Å². The van der Waals surface area contributed by atoms with Gasteiger partial charge in [0.05, 0.1) is 13.2 Å². The fourth-order valence-electron chi connectivity index (χ4n) is 2.11. The predicted octanol–water partition coefficient (Wildman–Crippen LogP) is 3.81. The van der Waals surface area contributed by atoms with Gasteiger partial charge >= 0.3 is 11.9 Å². The summed E-state index contributed by atoms with van der Waals surface area (Å²) in [6.45, 7) is 12.6. The lowest BCUT2D eigenvalue weighted by Gasteiger charge is -2.25. The summed E-state index contributed by atoms with van der Waals surface area (Å²) in [4.78, 5) is 22.9. The van der Waals surface area contributed by atoms with Gasteiger partial charge in [-0.15, -0.1) is 0 Å². The van der Waals surface area contributed by atoms with E-state index in [4.69, 9.17) is 9.47 Å². The SMILES string of the molecule is CCOC(=O)/C=C/C(C)=C(\CCC(=O)OCC)C(C)(C)C. The molecule has 21 heavy (non-hydrogen) atoms. The fraction of sp³-hybridized carbons (Fsp3) is 0.647. The van der Waals surface area contributed by atoms with Crippen LogP contribution < -0.4 is 0 Å². The highest BCUT2D eigenvalue weighted by Gasteiger charge is 2.20. The van der Waals surface area contributed by atoms with Gasteiger partial charge < -0.3 is 9.47 Å². The number of esters is 2. The first-order chi connectivity index (χ1) is 9.72. The number of ether oxygens (including phenoxy) is 2. The maximum absolute atomic E-state index is 11.5. The Morgan fingerprint density at radius 1 is 0.952 bits per heavy atom. The molecule has 120 valence electrons. The second-order valence-corrected chi connectivity index (χ2v) is 5.80. The molecule has 0 radical (unpaired) electrons. The summed E-state index contributed by atoms with van der Waals surface area (Å²) in [6.07, 6.45) is 4.16. The number of hydrogen-bond donors (Lipinski definition) is 0. The van der Waals surface area contributed by atoms with Crippen molar-refractivity contribution in [1.82, 2.24) is 0 Å². The Hall–Kier alpha value is -1.58. The molecule has 0 rings (SSSR count). The van der Waals surface area contributed by atoms with E-state index in [2.05, 4.69) is 20.8 Å². The predicted molar refractivity (Wildman–Crippen MR) is 83.8 cm³/mol. The van der Waals surface area contributed by atoms with Crippen LogP contribution in [0.2, 0.25) is 0 Å². The molecule has 0 aliphatic heterocycles. The van der Waals surface area contributed by atoms with Gasteiger partial charge in [0.1, 0.15) is 0 Å². The average molecular weight is 296 g/mol. The topological polar surface area (TPSA) is 52.6 Å². The molecule has 0 saturated heterocycles. The normalized spacial score (nSPS) is 13.0. The van der Waals surface area contributed by atoms with E-state index in [-0.39, 0.29) is 17.4 Å². The summed E-state index contributed by atoms with van der Waals surface area (Å²) >= 11 is 0. The number of hydrogen-bond acceptors (Lipinski definition) is 4. The minimum absolute atomic E-state index is 0.0738. The minimum Gasteiger partial charge on any atom is -0.466 e. The highest BCUT2D eigenvalue weighted by Crippen LogP contribution is 2.32. The summed E-state index contributed by atoms with van der Waals surface area (Å²) in [5.74, 6) is -0.545. The van der Waals surface area contributed by atoms with E-state index in [1.54, 1.807) is 19.9 Å².